The van der Waals surface area contributed by atoms with Crippen LogP contribution >= 0.6 is 23.7 Å². The van der Waals surface area contributed by atoms with E-state index in [4.69, 9.17) is 4.74 Å². The highest BCUT2D eigenvalue weighted by Gasteiger charge is 2.30. The van der Waals surface area contributed by atoms with E-state index in [1.54, 1.807) is 6.92 Å². The predicted molar refractivity (Wildman–Crippen MR) is 150 cm³/mol. The van der Waals surface area contributed by atoms with Gasteiger partial charge in [0.1, 0.15) is 5.00 Å². The van der Waals surface area contributed by atoms with Gasteiger partial charge in [-0.05, 0) is 57.0 Å². The van der Waals surface area contributed by atoms with Crippen LogP contribution in [0, 0.1) is 0 Å². The van der Waals surface area contributed by atoms with Gasteiger partial charge in [0.25, 0.3) is 5.91 Å². The molecule has 2 aromatic rings. The lowest BCUT2D eigenvalue weighted by Gasteiger charge is -2.30. The number of carbonyl (C=O) groups excluding carboxylic acids is 2. The molecule has 1 N–H and O–H groups in total. The highest BCUT2D eigenvalue weighted by molar-refractivity contribution is 7.89. The molecule has 202 valence electrons. The Bertz CT molecular complexity index is 1230. The molecule has 0 saturated carbocycles. The van der Waals surface area contributed by atoms with Gasteiger partial charge in [0.2, 0.25) is 10.0 Å². The summed E-state index contributed by atoms with van der Waals surface area (Å²) in [6.45, 7) is 15.3. The van der Waals surface area contributed by atoms with Gasteiger partial charge in [-0.15, -0.1) is 36.9 Å². The normalized spacial score (nSPS) is 13.5. The van der Waals surface area contributed by atoms with Crippen molar-refractivity contribution in [2.75, 3.05) is 31.6 Å². The Hall–Kier alpha value is -2.50. The van der Waals surface area contributed by atoms with Crippen LogP contribution in [0.3, 0.4) is 0 Å². The summed E-state index contributed by atoms with van der Waals surface area (Å²) in [5, 5.41) is 3.32. The van der Waals surface area contributed by atoms with E-state index < -0.39 is 21.9 Å². The average molecular weight is 568 g/mol. The van der Waals surface area contributed by atoms with Crippen molar-refractivity contribution in [3.05, 3.63) is 71.1 Å². The van der Waals surface area contributed by atoms with Gasteiger partial charge in [0.15, 0.2) is 0 Å². The van der Waals surface area contributed by atoms with Crippen molar-refractivity contribution >= 4 is 50.6 Å². The third-order valence-corrected chi connectivity index (χ3v) is 8.92. The van der Waals surface area contributed by atoms with Crippen LogP contribution in [-0.4, -0.2) is 61.8 Å². The highest BCUT2D eigenvalue weighted by Crippen LogP contribution is 2.38. The average Bonchev–Trinajstić information content (AvgIpc) is 3.21. The molecular formula is C26H34ClN3O5S2. The van der Waals surface area contributed by atoms with E-state index in [-0.39, 0.29) is 42.6 Å². The van der Waals surface area contributed by atoms with E-state index in [1.165, 1.54) is 52.1 Å². The minimum atomic E-state index is -3.77. The summed E-state index contributed by atoms with van der Waals surface area (Å²) in [5.41, 5.74) is 1.62. The first-order chi connectivity index (χ1) is 17.1. The predicted octanol–water partition coefficient (Wildman–Crippen LogP) is 4.73. The zero-order valence-electron chi connectivity index (χ0n) is 21.4. The smallest absolute Gasteiger partial charge is 0.341 e. The molecule has 8 nitrogen and oxygen atoms in total. The fourth-order valence-electron chi connectivity index (χ4n) is 4.03. The molecule has 11 heteroatoms. The molecule has 0 spiro atoms. The lowest BCUT2D eigenvalue weighted by molar-refractivity contribution is 0.0526. The van der Waals surface area contributed by atoms with Crippen molar-refractivity contribution in [2.24, 2.45) is 0 Å². The molecule has 37 heavy (non-hydrogen) atoms. The summed E-state index contributed by atoms with van der Waals surface area (Å²) in [6, 6.07) is 6.08. The van der Waals surface area contributed by atoms with Gasteiger partial charge in [0.05, 0.1) is 17.1 Å². The van der Waals surface area contributed by atoms with Crippen LogP contribution in [-0.2, 0) is 27.7 Å². The molecule has 1 amide bonds. The van der Waals surface area contributed by atoms with Gasteiger partial charge in [-0.2, -0.15) is 4.31 Å². The monoisotopic (exact) mass is 567 g/mol. The number of nitrogens with one attached hydrogen (secondary N) is 1. The van der Waals surface area contributed by atoms with Crippen molar-refractivity contribution in [1.82, 2.24) is 9.21 Å². The SMILES string of the molecule is C=CCN(CC=C)S(=O)(=O)c1ccc(C(=O)Nc2sc3c(c2C(=O)OCC)CCN(C(C)C)C3)cc1.Cl. The van der Waals surface area contributed by atoms with Crippen molar-refractivity contribution in [2.45, 2.75) is 44.7 Å². The van der Waals surface area contributed by atoms with E-state index in [1.807, 2.05) is 0 Å². The maximum Gasteiger partial charge on any atom is 0.341 e. The maximum atomic E-state index is 13.1. The zero-order valence-corrected chi connectivity index (χ0v) is 23.8. The summed E-state index contributed by atoms with van der Waals surface area (Å²) < 4.78 is 32.4. The van der Waals surface area contributed by atoms with Crippen LogP contribution in [0.1, 0.15) is 51.9 Å². The Morgan fingerprint density at radius 3 is 2.35 bits per heavy atom. The molecule has 0 radical (unpaired) electrons. The molecule has 1 aromatic carbocycles. The molecule has 0 atom stereocenters. The fourth-order valence-corrected chi connectivity index (χ4v) is 6.67. The molecule has 1 aliphatic rings. The molecule has 0 saturated heterocycles. The van der Waals surface area contributed by atoms with E-state index in [0.717, 1.165) is 17.0 Å². The number of thiophene rings is 1. The summed E-state index contributed by atoms with van der Waals surface area (Å²) >= 11 is 1.39. The topological polar surface area (TPSA) is 96.0 Å². The van der Waals surface area contributed by atoms with Crippen LogP contribution in [0.15, 0.2) is 54.5 Å². The zero-order chi connectivity index (χ0) is 26.5. The Labute approximate surface area is 229 Å². The van der Waals surface area contributed by atoms with Crippen LogP contribution in [0.4, 0.5) is 5.00 Å². The first-order valence-electron chi connectivity index (χ1n) is 11.8. The molecule has 0 fully saturated rings. The number of sulfonamides is 1. The largest absolute Gasteiger partial charge is 0.462 e. The Morgan fingerprint density at radius 1 is 1.19 bits per heavy atom. The number of fused-ring (bicyclic) bond motifs is 1. The van der Waals surface area contributed by atoms with Crippen molar-refractivity contribution in [1.29, 1.82) is 0 Å². The number of rotatable bonds is 11. The standard InChI is InChI=1S/C26H33N3O5S2.ClH/c1-6-14-29(15-7-2)36(32,33)20-11-9-19(10-12-20)24(30)27-25-23(26(31)34-8-3)21-13-16-28(18(4)5)17-22(21)35-25;/h6-7,9-12,18H,1-2,8,13-17H2,3-5H3,(H,27,30);1H. The van der Waals surface area contributed by atoms with Crippen molar-refractivity contribution < 1.29 is 22.7 Å². The quantitative estimate of drug-likeness (QED) is 0.311. The summed E-state index contributed by atoms with van der Waals surface area (Å²) in [4.78, 5) is 29.3. The molecular weight excluding hydrogens is 534 g/mol. The van der Waals surface area contributed by atoms with Gasteiger partial charge in [-0.1, -0.05) is 12.2 Å². The van der Waals surface area contributed by atoms with E-state index >= 15 is 0 Å². The van der Waals surface area contributed by atoms with Crippen LogP contribution in [0.2, 0.25) is 0 Å². The van der Waals surface area contributed by atoms with Gasteiger partial charge in [0, 0.05) is 42.7 Å². The number of hydrogen-bond acceptors (Lipinski definition) is 7. The molecule has 0 bridgehead atoms. The third kappa shape index (κ3) is 6.88. The second kappa shape index (κ2) is 13.3. The molecule has 3 rings (SSSR count). The molecule has 1 aromatic heterocycles. The van der Waals surface area contributed by atoms with Crippen molar-refractivity contribution in [3.8, 4) is 0 Å². The Morgan fingerprint density at radius 2 is 1.81 bits per heavy atom. The number of benzene rings is 1. The molecule has 0 unspecified atom stereocenters. The van der Waals surface area contributed by atoms with E-state index in [2.05, 4.69) is 37.2 Å². The highest BCUT2D eigenvalue weighted by atomic mass is 35.5. The lowest BCUT2D eigenvalue weighted by atomic mass is 10.0. The van der Waals surface area contributed by atoms with Gasteiger partial charge in [-0.25, -0.2) is 13.2 Å². The number of nitrogens with zero attached hydrogens (tertiary/aromatic N) is 2. The first-order valence-corrected chi connectivity index (χ1v) is 14.1. The Kier molecular flexibility index (Phi) is 11.1. The van der Waals surface area contributed by atoms with Gasteiger partial charge < -0.3 is 10.1 Å². The molecule has 0 aliphatic carbocycles. The number of hydrogen-bond donors (Lipinski definition) is 1. The maximum absolute atomic E-state index is 13.1. The molecule has 1 aliphatic heterocycles. The number of amides is 1. The minimum Gasteiger partial charge on any atom is -0.462 e. The van der Waals surface area contributed by atoms with Gasteiger partial charge in [-0.3, -0.25) is 9.69 Å². The number of carbonyl (C=O) groups is 2. The summed E-state index contributed by atoms with van der Waals surface area (Å²) in [6.07, 6.45) is 3.71. The third-order valence-electron chi connectivity index (χ3n) is 5.94. The van der Waals surface area contributed by atoms with Crippen LogP contribution < -0.4 is 5.32 Å². The van der Waals surface area contributed by atoms with Gasteiger partial charge >= 0.3 is 5.97 Å². The number of esters is 1. The Balaban J connectivity index is 0.00000481. The number of halogens is 1. The van der Waals surface area contributed by atoms with Crippen LogP contribution in [0.5, 0.6) is 0 Å². The number of anilines is 1. The number of ether oxygens (including phenoxy) is 1. The second-order valence-corrected chi connectivity index (χ2v) is 11.7. The van der Waals surface area contributed by atoms with Crippen molar-refractivity contribution in [3.63, 3.8) is 0 Å². The lowest BCUT2D eigenvalue weighted by Crippen LogP contribution is -2.35. The fraction of sp³-hybridized carbons (Fsp3) is 0.385. The van der Waals surface area contributed by atoms with Crippen LogP contribution in [0.25, 0.3) is 0 Å². The van der Waals surface area contributed by atoms with E-state index in [9.17, 15) is 18.0 Å². The second-order valence-electron chi connectivity index (χ2n) is 8.62. The summed E-state index contributed by atoms with van der Waals surface area (Å²) in [7, 11) is -3.77. The first kappa shape index (κ1) is 30.7. The van der Waals surface area contributed by atoms with E-state index in [0.29, 0.717) is 29.6 Å². The molecule has 2 heterocycles. The minimum absolute atomic E-state index is 0. The summed E-state index contributed by atoms with van der Waals surface area (Å²) in [5.74, 6) is -0.882.